The van der Waals surface area contributed by atoms with Crippen molar-refractivity contribution in [2.24, 2.45) is 0 Å². The number of piperidine rings is 1. The molecule has 1 fully saturated rings. The molecule has 1 unspecified atom stereocenters. The molecule has 2 aliphatic rings. The Balaban J connectivity index is 1.20. The first-order chi connectivity index (χ1) is 18.3. The van der Waals surface area contributed by atoms with Crippen LogP contribution in [0, 0.1) is 0 Å². The van der Waals surface area contributed by atoms with E-state index in [1.165, 1.54) is 27.8 Å². The molecule has 1 aliphatic carbocycles. The van der Waals surface area contributed by atoms with Gasteiger partial charge < -0.3 is 15.1 Å². The number of carbonyl (C=O) groups is 1. The SMILES string of the molecule is CC(C)(C(=O)O)c1ccc(C(O)CCCN2CCC(=C3c4ccccc4CCc4ccccc43)CC2)cc1. The first kappa shape index (κ1) is 26.4. The Labute approximate surface area is 226 Å². The molecule has 1 aliphatic heterocycles. The van der Waals surface area contributed by atoms with Crippen LogP contribution in [0.4, 0.5) is 0 Å². The van der Waals surface area contributed by atoms with Crippen molar-refractivity contribution in [1.82, 2.24) is 4.90 Å². The largest absolute Gasteiger partial charge is 0.481 e. The molecule has 1 atom stereocenters. The lowest BCUT2D eigenvalue weighted by Crippen LogP contribution is -2.32. The molecule has 0 amide bonds. The average Bonchev–Trinajstić information content (AvgIpc) is 3.10. The summed E-state index contributed by atoms with van der Waals surface area (Å²) in [4.78, 5) is 14.0. The number of rotatable bonds is 7. The van der Waals surface area contributed by atoms with E-state index in [1.807, 2.05) is 24.3 Å². The van der Waals surface area contributed by atoms with Crippen molar-refractivity contribution in [3.63, 3.8) is 0 Å². The maximum atomic E-state index is 11.5. The number of hydrogen-bond acceptors (Lipinski definition) is 3. The van der Waals surface area contributed by atoms with Crippen molar-refractivity contribution in [3.8, 4) is 0 Å². The van der Waals surface area contributed by atoms with Crippen molar-refractivity contribution in [1.29, 1.82) is 0 Å². The minimum atomic E-state index is -0.938. The summed E-state index contributed by atoms with van der Waals surface area (Å²) in [5.74, 6) is -0.849. The van der Waals surface area contributed by atoms with Crippen LogP contribution < -0.4 is 0 Å². The quantitative estimate of drug-likeness (QED) is 0.379. The lowest BCUT2D eigenvalue weighted by Gasteiger charge is -2.30. The molecule has 198 valence electrons. The maximum Gasteiger partial charge on any atom is 0.313 e. The van der Waals surface area contributed by atoms with Crippen LogP contribution in [0.15, 0.2) is 78.4 Å². The molecular weight excluding hydrogens is 470 g/mol. The number of nitrogens with zero attached hydrogens (tertiary/aromatic N) is 1. The van der Waals surface area contributed by atoms with Crippen molar-refractivity contribution in [3.05, 3.63) is 112 Å². The smallest absolute Gasteiger partial charge is 0.313 e. The number of carboxylic acids is 1. The molecule has 0 bridgehead atoms. The number of benzene rings is 3. The molecule has 4 heteroatoms. The Hall–Kier alpha value is -3.21. The second kappa shape index (κ2) is 11.3. The molecule has 38 heavy (non-hydrogen) atoms. The molecule has 1 heterocycles. The fourth-order valence-electron chi connectivity index (χ4n) is 5.98. The molecule has 0 spiro atoms. The Morgan fingerprint density at radius 1 is 0.842 bits per heavy atom. The first-order valence-corrected chi connectivity index (χ1v) is 14.0. The van der Waals surface area contributed by atoms with E-state index in [-0.39, 0.29) is 0 Å². The van der Waals surface area contributed by atoms with E-state index in [9.17, 15) is 15.0 Å². The van der Waals surface area contributed by atoms with Gasteiger partial charge >= 0.3 is 5.97 Å². The van der Waals surface area contributed by atoms with Gasteiger partial charge in [0.2, 0.25) is 0 Å². The molecule has 5 rings (SSSR count). The second-order valence-corrected chi connectivity index (χ2v) is 11.3. The number of likely N-dealkylation sites (tertiary alicyclic amines) is 1. The summed E-state index contributed by atoms with van der Waals surface area (Å²) in [7, 11) is 0. The van der Waals surface area contributed by atoms with Gasteiger partial charge in [-0.05, 0) is 97.9 Å². The lowest BCUT2D eigenvalue weighted by molar-refractivity contribution is -0.142. The maximum absolute atomic E-state index is 11.5. The minimum absolute atomic E-state index is 0.529. The van der Waals surface area contributed by atoms with Gasteiger partial charge in [-0.25, -0.2) is 0 Å². The average molecular weight is 510 g/mol. The summed E-state index contributed by atoms with van der Waals surface area (Å²) >= 11 is 0. The van der Waals surface area contributed by atoms with E-state index in [4.69, 9.17) is 0 Å². The second-order valence-electron chi connectivity index (χ2n) is 11.3. The van der Waals surface area contributed by atoms with Crippen molar-refractivity contribution in [2.75, 3.05) is 19.6 Å². The van der Waals surface area contributed by atoms with E-state index in [1.54, 1.807) is 19.4 Å². The summed E-state index contributed by atoms with van der Waals surface area (Å²) in [5, 5.41) is 20.2. The van der Waals surface area contributed by atoms with Gasteiger partial charge in [0.25, 0.3) is 0 Å². The highest BCUT2D eigenvalue weighted by Crippen LogP contribution is 2.38. The zero-order valence-corrected chi connectivity index (χ0v) is 22.6. The highest BCUT2D eigenvalue weighted by molar-refractivity contribution is 5.86. The zero-order chi connectivity index (χ0) is 26.7. The lowest BCUT2D eigenvalue weighted by atomic mass is 9.84. The molecular formula is C34H39NO3. The van der Waals surface area contributed by atoms with Gasteiger partial charge in [0.05, 0.1) is 11.5 Å². The molecule has 4 nitrogen and oxygen atoms in total. The normalized spacial score (nSPS) is 16.9. The van der Waals surface area contributed by atoms with Crippen molar-refractivity contribution in [2.45, 2.75) is 63.9 Å². The molecule has 2 N–H and O–H groups in total. The van der Waals surface area contributed by atoms with Gasteiger partial charge in [-0.3, -0.25) is 4.79 Å². The van der Waals surface area contributed by atoms with Gasteiger partial charge in [-0.2, -0.15) is 0 Å². The highest BCUT2D eigenvalue weighted by atomic mass is 16.4. The fourth-order valence-corrected chi connectivity index (χ4v) is 5.98. The monoisotopic (exact) mass is 509 g/mol. The Kier molecular flexibility index (Phi) is 7.83. The van der Waals surface area contributed by atoms with E-state index in [0.717, 1.165) is 62.9 Å². The predicted molar refractivity (Wildman–Crippen MR) is 153 cm³/mol. The van der Waals surface area contributed by atoms with E-state index >= 15 is 0 Å². The van der Waals surface area contributed by atoms with Gasteiger partial charge in [0, 0.05) is 13.1 Å². The molecule has 3 aromatic carbocycles. The van der Waals surface area contributed by atoms with Crippen LogP contribution in [0.25, 0.3) is 5.57 Å². The molecule has 0 saturated carbocycles. The summed E-state index contributed by atoms with van der Waals surface area (Å²) in [6.07, 6.45) is 5.46. The summed E-state index contributed by atoms with van der Waals surface area (Å²) < 4.78 is 0. The molecule has 3 aromatic rings. The summed E-state index contributed by atoms with van der Waals surface area (Å²) in [6.45, 7) is 6.50. The van der Waals surface area contributed by atoms with Crippen LogP contribution in [0.1, 0.15) is 79.0 Å². The summed E-state index contributed by atoms with van der Waals surface area (Å²) in [6, 6.07) is 25.3. The van der Waals surface area contributed by atoms with Crippen LogP contribution in [-0.4, -0.2) is 40.7 Å². The van der Waals surface area contributed by atoms with Crippen LogP contribution in [0.3, 0.4) is 0 Å². The fraction of sp³-hybridized carbons (Fsp3) is 0.382. The Bertz CT molecular complexity index is 1260. The number of fused-ring (bicyclic) bond motifs is 2. The number of aliphatic hydroxyl groups excluding tert-OH is 1. The zero-order valence-electron chi connectivity index (χ0n) is 22.6. The van der Waals surface area contributed by atoms with Crippen molar-refractivity contribution < 1.29 is 15.0 Å². The molecule has 0 aromatic heterocycles. The van der Waals surface area contributed by atoms with Gasteiger partial charge in [0.15, 0.2) is 0 Å². The molecule has 0 radical (unpaired) electrons. The first-order valence-electron chi connectivity index (χ1n) is 14.0. The number of carboxylic acid groups (broad SMARTS) is 1. The number of aryl methyl sites for hydroxylation is 2. The third kappa shape index (κ3) is 5.48. The van der Waals surface area contributed by atoms with Crippen LogP contribution in [-0.2, 0) is 23.1 Å². The minimum Gasteiger partial charge on any atom is -0.481 e. The van der Waals surface area contributed by atoms with Crippen LogP contribution in [0.5, 0.6) is 0 Å². The van der Waals surface area contributed by atoms with Gasteiger partial charge in [-0.1, -0.05) is 78.4 Å². The molecule has 1 saturated heterocycles. The standard InChI is InChI=1S/C34H39NO3/c1-34(2,33(37)38)28-17-15-26(16-18-28)31(36)12-7-21-35-22-19-27(20-23-35)32-29-10-5-3-8-24(29)13-14-25-9-4-6-11-30(25)32/h3-6,8-11,15-18,31,36H,7,12-14,19-23H2,1-2H3,(H,37,38). The number of hydrogen-bond donors (Lipinski definition) is 2. The van der Waals surface area contributed by atoms with Gasteiger partial charge in [-0.15, -0.1) is 0 Å². The number of aliphatic hydroxyl groups is 1. The van der Waals surface area contributed by atoms with Gasteiger partial charge in [0.1, 0.15) is 0 Å². The Morgan fingerprint density at radius 3 is 1.95 bits per heavy atom. The predicted octanol–water partition coefficient (Wildman–Crippen LogP) is 6.56. The Morgan fingerprint density at radius 2 is 1.39 bits per heavy atom. The van der Waals surface area contributed by atoms with E-state index < -0.39 is 17.5 Å². The third-order valence-electron chi connectivity index (χ3n) is 8.55. The highest BCUT2D eigenvalue weighted by Gasteiger charge is 2.29. The topological polar surface area (TPSA) is 60.8 Å². The summed E-state index contributed by atoms with van der Waals surface area (Å²) in [5.41, 5.74) is 9.47. The van der Waals surface area contributed by atoms with Crippen molar-refractivity contribution >= 4 is 11.5 Å². The number of aliphatic carboxylic acids is 1. The van der Waals surface area contributed by atoms with E-state index in [2.05, 4.69) is 53.4 Å². The van der Waals surface area contributed by atoms with E-state index in [0.29, 0.717) is 6.42 Å². The third-order valence-corrected chi connectivity index (χ3v) is 8.55. The van der Waals surface area contributed by atoms with Crippen LogP contribution in [0.2, 0.25) is 0 Å². The van der Waals surface area contributed by atoms with Crippen LogP contribution >= 0.6 is 0 Å².